The topological polar surface area (TPSA) is 101 Å². The Balaban J connectivity index is 1.74. The zero-order chi connectivity index (χ0) is 18.4. The molecule has 1 fully saturated rings. The van der Waals surface area contributed by atoms with Crippen molar-refractivity contribution in [2.24, 2.45) is 5.92 Å². The fourth-order valence-electron chi connectivity index (χ4n) is 4.17. The summed E-state index contributed by atoms with van der Waals surface area (Å²) < 4.78 is 4.91. The van der Waals surface area contributed by atoms with E-state index in [0.717, 1.165) is 30.4 Å². The molecule has 1 aliphatic carbocycles. The molecule has 27 heavy (non-hydrogen) atoms. The molecule has 1 aromatic carbocycles. The van der Waals surface area contributed by atoms with Gasteiger partial charge in [0, 0.05) is 23.6 Å². The second-order valence-corrected chi connectivity index (χ2v) is 6.91. The monoisotopic (exact) mass is 360 g/mol. The van der Waals surface area contributed by atoms with E-state index in [4.69, 9.17) is 11.2 Å². The number of nitrogens with zero attached hydrogens (tertiary/aromatic N) is 4. The summed E-state index contributed by atoms with van der Waals surface area (Å²) in [6, 6.07) is 5.61. The lowest BCUT2D eigenvalue weighted by molar-refractivity contribution is -0.123. The van der Waals surface area contributed by atoms with E-state index in [1.54, 1.807) is 6.20 Å². The fourth-order valence-corrected chi connectivity index (χ4v) is 4.17. The van der Waals surface area contributed by atoms with Crippen LogP contribution in [0.4, 0.5) is 5.82 Å². The van der Waals surface area contributed by atoms with Crippen LogP contribution in [0.1, 0.15) is 42.7 Å². The van der Waals surface area contributed by atoms with Crippen LogP contribution >= 0.6 is 0 Å². The molecule has 2 unspecified atom stereocenters. The summed E-state index contributed by atoms with van der Waals surface area (Å²) in [4.78, 5) is 16.4. The van der Waals surface area contributed by atoms with Gasteiger partial charge in [0.25, 0.3) is 0 Å². The van der Waals surface area contributed by atoms with E-state index >= 15 is 0 Å². The number of H-pyrrole nitrogens is 1. The number of carbonyl (C=O) groups is 1. The molecule has 2 aromatic heterocycles. The molecule has 0 spiro atoms. The molecule has 3 aromatic rings. The average molecular weight is 360 g/mol. The van der Waals surface area contributed by atoms with Crippen molar-refractivity contribution >= 4 is 22.6 Å². The van der Waals surface area contributed by atoms with Crippen LogP contribution in [0.25, 0.3) is 15.9 Å². The standard InChI is InChI=1S/C19H16N6O2/c1-20-18-15(11-6-4-7-13-16(11)25-27-24-13)12-9-21-23-19(12)22-17(18)10-5-2-3-8-14(10)26/h4,6-7,9-10,15H,2-3,5,8H2,(H2,21,22,23). The first-order valence-corrected chi connectivity index (χ1v) is 8.93. The van der Waals surface area contributed by atoms with Gasteiger partial charge in [0.05, 0.1) is 18.7 Å². The summed E-state index contributed by atoms with van der Waals surface area (Å²) in [7, 11) is 0. The molecular weight excluding hydrogens is 344 g/mol. The summed E-state index contributed by atoms with van der Waals surface area (Å²) in [6.45, 7) is 7.88. The Hall–Kier alpha value is -3.47. The maximum atomic E-state index is 12.6. The minimum absolute atomic E-state index is 0.188. The van der Waals surface area contributed by atoms with Crippen LogP contribution < -0.4 is 5.32 Å². The van der Waals surface area contributed by atoms with Gasteiger partial charge in [0.15, 0.2) is 5.70 Å². The molecule has 0 radical (unpaired) electrons. The van der Waals surface area contributed by atoms with Crippen LogP contribution in [0.15, 0.2) is 40.4 Å². The largest absolute Gasteiger partial charge is 0.353 e. The zero-order valence-electron chi connectivity index (χ0n) is 14.4. The summed E-state index contributed by atoms with van der Waals surface area (Å²) >= 11 is 0. The first-order valence-electron chi connectivity index (χ1n) is 8.93. The van der Waals surface area contributed by atoms with Gasteiger partial charge in [-0.25, -0.2) is 9.47 Å². The molecule has 5 rings (SSSR count). The number of aromatic amines is 1. The van der Waals surface area contributed by atoms with Gasteiger partial charge in [-0.15, -0.1) is 0 Å². The normalized spacial score (nSPS) is 22.4. The number of hydrogen-bond donors (Lipinski definition) is 2. The maximum Gasteiger partial charge on any atom is 0.196 e. The number of fused-ring (bicyclic) bond motifs is 2. The summed E-state index contributed by atoms with van der Waals surface area (Å²) in [5, 5.41) is 18.4. The second-order valence-electron chi connectivity index (χ2n) is 6.91. The van der Waals surface area contributed by atoms with Crippen LogP contribution in [0.3, 0.4) is 0 Å². The molecule has 2 N–H and O–H groups in total. The number of hydrogen-bond acceptors (Lipinski definition) is 6. The molecule has 0 amide bonds. The van der Waals surface area contributed by atoms with Crippen molar-refractivity contribution < 1.29 is 9.42 Å². The van der Waals surface area contributed by atoms with E-state index in [2.05, 4.69) is 30.7 Å². The predicted molar refractivity (Wildman–Crippen MR) is 96.5 cm³/mol. The van der Waals surface area contributed by atoms with E-state index in [-0.39, 0.29) is 17.6 Å². The Bertz CT molecular complexity index is 1120. The highest BCUT2D eigenvalue weighted by Gasteiger charge is 2.38. The lowest BCUT2D eigenvalue weighted by atomic mass is 9.79. The Kier molecular flexibility index (Phi) is 3.53. The van der Waals surface area contributed by atoms with E-state index in [1.165, 1.54) is 0 Å². The van der Waals surface area contributed by atoms with Gasteiger partial charge in [-0.2, -0.15) is 5.10 Å². The van der Waals surface area contributed by atoms with Crippen molar-refractivity contribution in [3.05, 3.63) is 58.3 Å². The van der Waals surface area contributed by atoms with Gasteiger partial charge in [-0.05, 0) is 34.8 Å². The van der Waals surface area contributed by atoms with Gasteiger partial charge < -0.3 is 5.32 Å². The molecule has 0 saturated heterocycles. The Labute approximate surface area is 154 Å². The lowest BCUT2D eigenvalue weighted by Crippen LogP contribution is -2.29. The molecule has 2 aliphatic rings. The number of carbonyl (C=O) groups excluding carboxylic acids is 1. The molecular formula is C19H16N6O2. The lowest BCUT2D eigenvalue weighted by Gasteiger charge is -2.31. The predicted octanol–water partition coefficient (Wildman–Crippen LogP) is 3.39. The van der Waals surface area contributed by atoms with Crippen molar-refractivity contribution in [3.8, 4) is 0 Å². The van der Waals surface area contributed by atoms with E-state index in [0.29, 0.717) is 34.7 Å². The Morgan fingerprint density at radius 1 is 1.22 bits per heavy atom. The maximum absolute atomic E-state index is 12.6. The first kappa shape index (κ1) is 15.8. The van der Waals surface area contributed by atoms with E-state index in [9.17, 15) is 4.79 Å². The summed E-state index contributed by atoms with van der Waals surface area (Å²) in [6.07, 6.45) is 4.93. The summed E-state index contributed by atoms with van der Waals surface area (Å²) in [5.41, 5.74) is 4.13. The highest BCUT2D eigenvalue weighted by atomic mass is 16.6. The zero-order valence-corrected chi connectivity index (χ0v) is 14.4. The average Bonchev–Trinajstić information content (AvgIpc) is 3.35. The van der Waals surface area contributed by atoms with Gasteiger partial charge in [0.1, 0.15) is 22.6 Å². The molecule has 1 aliphatic heterocycles. The second kappa shape index (κ2) is 6.06. The molecule has 2 atom stereocenters. The van der Waals surface area contributed by atoms with Crippen LogP contribution in [0, 0.1) is 12.5 Å². The van der Waals surface area contributed by atoms with Crippen molar-refractivity contribution in [1.29, 1.82) is 0 Å². The number of benzene rings is 1. The van der Waals surface area contributed by atoms with Crippen molar-refractivity contribution in [2.75, 3.05) is 5.32 Å². The van der Waals surface area contributed by atoms with Crippen molar-refractivity contribution in [1.82, 2.24) is 20.5 Å². The minimum atomic E-state index is -0.377. The number of nitrogens with one attached hydrogen (secondary N) is 2. The Morgan fingerprint density at radius 2 is 2.15 bits per heavy atom. The van der Waals surface area contributed by atoms with Crippen molar-refractivity contribution in [2.45, 2.75) is 31.6 Å². The number of allylic oxidation sites excluding steroid dienone is 2. The number of Topliss-reactive ketones (excluding diaryl/α,β-unsaturated/α-hetero) is 1. The molecule has 0 bridgehead atoms. The smallest absolute Gasteiger partial charge is 0.196 e. The molecule has 134 valence electrons. The fraction of sp³-hybridized carbons (Fsp3) is 0.316. The van der Waals surface area contributed by atoms with E-state index < -0.39 is 0 Å². The van der Waals surface area contributed by atoms with Crippen LogP contribution in [-0.2, 0) is 4.79 Å². The molecule has 1 saturated carbocycles. The third kappa shape index (κ3) is 2.35. The van der Waals surface area contributed by atoms with Gasteiger partial charge in [0.2, 0.25) is 0 Å². The third-order valence-electron chi connectivity index (χ3n) is 5.44. The highest BCUT2D eigenvalue weighted by Crippen LogP contribution is 2.46. The SMILES string of the molecule is [C-]#[N+]C1=C(C2CCCCC2=O)Nc2[nH]ncc2C1c1cccc2nonc12. The molecule has 3 heterocycles. The third-order valence-corrected chi connectivity index (χ3v) is 5.44. The number of rotatable bonds is 2. The van der Waals surface area contributed by atoms with Gasteiger partial charge in [-0.3, -0.25) is 9.89 Å². The number of anilines is 1. The minimum Gasteiger partial charge on any atom is -0.353 e. The van der Waals surface area contributed by atoms with Crippen LogP contribution in [-0.4, -0.2) is 26.3 Å². The Morgan fingerprint density at radius 3 is 3.00 bits per heavy atom. The number of aromatic nitrogens is 4. The highest BCUT2D eigenvalue weighted by molar-refractivity contribution is 5.87. The quantitative estimate of drug-likeness (QED) is 0.679. The number of ketones is 1. The van der Waals surface area contributed by atoms with Gasteiger partial charge in [-0.1, -0.05) is 18.6 Å². The van der Waals surface area contributed by atoms with E-state index in [1.807, 2.05) is 18.2 Å². The molecule has 8 heteroatoms. The summed E-state index contributed by atoms with van der Waals surface area (Å²) in [5.74, 6) is 0.247. The van der Waals surface area contributed by atoms with Gasteiger partial charge >= 0.3 is 0 Å². The first-order chi connectivity index (χ1) is 13.3. The molecule has 8 nitrogen and oxygen atoms in total. The van der Waals surface area contributed by atoms with Crippen LogP contribution in [0.5, 0.6) is 0 Å². The van der Waals surface area contributed by atoms with Crippen LogP contribution in [0.2, 0.25) is 0 Å². The van der Waals surface area contributed by atoms with Crippen molar-refractivity contribution in [3.63, 3.8) is 0 Å².